The van der Waals surface area contributed by atoms with Crippen LogP contribution >= 0.6 is 11.3 Å². The van der Waals surface area contributed by atoms with Crippen LogP contribution in [0.1, 0.15) is 36.5 Å². The first-order chi connectivity index (χ1) is 10.6. The predicted octanol–water partition coefficient (Wildman–Crippen LogP) is 2.52. The highest BCUT2D eigenvalue weighted by molar-refractivity contribution is 7.13. The molecule has 1 amide bonds. The van der Waals surface area contributed by atoms with Crippen LogP contribution in [0.5, 0.6) is 0 Å². The van der Waals surface area contributed by atoms with Crippen LogP contribution in [0.15, 0.2) is 23.7 Å². The third-order valence-electron chi connectivity index (χ3n) is 4.06. The molecule has 5 nitrogen and oxygen atoms in total. The van der Waals surface area contributed by atoms with E-state index in [0.717, 1.165) is 30.0 Å². The summed E-state index contributed by atoms with van der Waals surface area (Å²) in [6.07, 6.45) is 4.02. The summed E-state index contributed by atoms with van der Waals surface area (Å²) < 4.78 is 1.70. The number of hydrogen-bond donors (Lipinski definition) is 1. The van der Waals surface area contributed by atoms with Crippen molar-refractivity contribution in [3.8, 4) is 10.6 Å². The first kappa shape index (κ1) is 15.2. The molecule has 1 aliphatic rings. The second kappa shape index (κ2) is 6.22. The number of aliphatic hydroxyl groups excluding tert-OH is 1. The van der Waals surface area contributed by atoms with Gasteiger partial charge in [-0.1, -0.05) is 6.07 Å². The normalized spacial score (nSPS) is 19.6. The molecule has 0 spiro atoms. The maximum Gasteiger partial charge on any atom is 0.257 e. The Morgan fingerprint density at radius 3 is 3.09 bits per heavy atom. The summed E-state index contributed by atoms with van der Waals surface area (Å²) in [4.78, 5) is 15.9. The third-order valence-corrected chi connectivity index (χ3v) is 4.94. The smallest absolute Gasteiger partial charge is 0.257 e. The summed E-state index contributed by atoms with van der Waals surface area (Å²) in [6, 6.07) is 4.08. The van der Waals surface area contributed by atoms with Gasteiger partial charge in [0.2, 0.25) is 0 Å². The Morgan fingerprint density at radius 1 is 1.59 bits per heavy atom. The first-order valence-corrected chi connectivity index (χ1v) is 8.50. The number of rotatable bonds is 4. The van der Waals surface area contributed by atoms with Gasteiger partial charge in [0.25, 0.3) is 5.91 Å². The number of nitrogens with zero attached hydrogens (tertiary/aromatic N) is 3. The fourth-order valence-electron chi connectivity index (χ4n) is 3.14. The molecule has 1 aliphatic heterocycles. The molecule has 1 N–H and O–H groups in total. The van der Waals surface area contributed by atoms with E-state index < -0.39 is 0 Å². The van der Waals surface area contributed by atoms with Crippen LogP contribution in [-0.2, 0) is 7.05 Å². The lowest BCUT2D eigenvalue weighted by Crippen LogP contribution is -2.37. The monoisotopic (exact) mass is 319 g/mol. The van der Waals surface area contributed by atoms with Crippen molar-refractivity contribution < 1.29 is 9.90 Å². The molecule has 2 aromatic rings. The summed E-state index contributed by atoms with van der Waals surface area (Å²) in [7, 11) is 1.84. The van der Waals surface area contributed by atoms with Crippen molar-refractivity contribution in [2.45, 2.75) is 38.3 Å². The second-order valence-electron chi connectivity index (χ2n) is 5.92. The van der Waals surface area contributed by atoms with Crippen molar-refractivity contribution in [2.75, 3.05) is 6.54 Å². The molecule has 1 saturated heterocycles. The Labute approximate surface area is 134 Å². The molecule has 2 aromatic heterocycles. The molecule has 0 aliphatic carbocycles. The van der Waals surface area contributed by atoms with Gasteiger partial charge in [0.05, 0.1) is 16.5 Å². The zero-order chi connectivity index (χ0) is 15.7. The Morgan fingerprint density at radius 2 is 2.41 bits per heavy atom. The third kappa shape index (κ3) is 2.94. The summed E-state index contributed by atoms with van der Waals surface area (Å²) in [6.45, 7) is 2.54. The summed E-state index contributed by atoms with van der Waals surface area (Å²) in [5, 5.41) is 16.1. The van der Waals surface area contributed by atoms with Gasteiger partial charge in [0.15, 0.2) is 0 Å². The van der Waals surface area contributed by atoms with Crippen LogP contribution in [0.25, 0.3) is 10.6 Å². The van der Waals surface area contributed by atoms with Gasteiger partial charge >= 0.3 is 0 Å². The number of aryl methyl sites for hydroxylation is 1. The molecule has 118 valence electrons. The van der Waals surface area contributed by atoms with Crippen LogP contribution in [0.3, 0.4) is 0 Å². The van der Waals surface area contributed by atoms with Gasteiger partial charge in [-0.25, -0.2) is 0 Å². The van der Waals surface area contributed by atoms with Gasteiger partial charge in [-0.2, -0.15) is 5.10 Å². The highest BCUT2D eigenvalue weighted by atomic mass is 32.1. The van der Waals surface area contributed by atoms with Crippen LogP contribution in [0, 0.1) is 0 Å². The van der Waals surface area contributed by atoms with Gasteiger partial charge in [-0.3, -0.25) is 9.48 Å². The van der Waals surface area contributed by atoms with E-state index in [9.17, 15) is 9.90 Å². The van der Waals surface area contributed by atoms with Gasteiger partial charge < -0.3 is 10.0 Å². The highest BCUT2D eigenvalue weighted by Gasteiger charge is 2.32. The molecular formula is C16H21N3O2S. The van der Waals surface area contributed by atoms with Crippen molar-refractivity contribution in [3.05, 3.63) is 29.3 Å². The fraction of sp³-hybridized carbons (Fsp3) is 0.500. The standard InChI is InChI=1S/C16H21N3O2S/c1-11(20)9-12-5-3-7-19(12)16(21)13-10-18(2)17-15(13)14-6-4-8-22-14/h4,6,8,10-12,20H,3,5,7,9H2,1-2H3. The van der Waals surface area contributed by atoms with Crippen LogP contribution < -0.4 is 0 Å². The van der Waals surface area contributed by atoms with E-state index >= 15 is 0 Å². The molecule has 3 heterocycles. The number of hydrogen-bond acceptors (Lipinski definition) is 4. The Hall–Kier alpha value is -1.66. The van der Waals surface area contributed by atoms with Gasteiger partial charge in [-0.05, 0) is 37.6 Å². The van der Waals surface area contributed by atoms with Crippen LogP contribution in [0.2, 0.25) is 0 Å². The molecule has 22 heavy (non-hydrogen) atoms. The van der Waals surface area contributed by atoms with Crippen molar-refractivity contribution in [3.63, 3.8) is 0 Å². The molecule has 0 bridgehead atoms. The average molecular weight is 319 g/mol. The quantitative estimate of drug-likeness (QED) is 0.942. The number of aliphatic hydroxyl groups is 1. The maximum atomic E-state index is 13.0. The predicted molar refractivity (Wildman–Crippen MR) is 86.9 cm³/mol. The number of aromatic nitrogens is 2. The SMILES string of the molecule is CC(O)CC1CCCN1C(=O)c1cn(C)nc1-c1cccs1. The first-order valence-electron chi connectivity index (χ1n) is 7.63. The molecule has 3 rings (SSSR count). The minimum Gasteiger partial charge on any atom is -0.393 e. The van der Waals surface area contributed by atoms with E-state index in [0.29, 0.717) is 12.0 Å². The molecule has 1 fully saturated rings. The minimum atomic E-state index is -0.385. The highest BCUT2D eigenvalue weighted by Crippen LogP contribution is 2.30. The maximum absolute atomic E-state index is 13.0. The number of thiophene rings is 1. The molecule has 2 unspecified atom stereocenters. The largest absolute Gasteiger partial charge is 0.393 e. The summed E-state index contributed by atoms with van der Waals surface area (Å²) in [5.41, 5.74) is 1.41. The molecule has 0 radical (unpaired) electrons. The lowest BCUT2D eigenvalue weighted by molar-refractivity contribution is 0.0683. The number of carbonyl (C=O) groups excluding carboxylic acids is 1. The molecule has 6 heteroatoms. The van der Waals surface area contributed by atoms with Crippen molar-refractivity contribution in [1.82, 2.24) is 14.7 Å². The molecule has 0 aromatic carbocycles. The summed E-state index contributed by atoms with van der Waals surface area (Å²) in [5.74, 6) is 0.0275. The van der Waals surface area contributed by atoms with E-state index in [4.69, 9.17) is 0 Å². The zero-order valence-corrected chi connectivity index (χ0v) is 13.7. The van der Waals surface area contributed by atoms with Crippen molar-refractivity contribution in [2.24, 2.45) is 7.05 Å². The topological polar surface area (TPSA) is 58.4 Å². The van der Waals surface area contributed by atoms with E-state index in [1.165, 1.54) is 0 Å². The lowest BCUT2D eigenvalue weighted by atomic mass is 10.1. The van der Waals surface area contributed by atoms with Gasteiger partial charge in [0, 0.05) is 25.8 Å². The molecule has 0 saturated carbocycles. The molecule has 2 atom stereocenters. The van der Waals surface area contributed by atoms with Gasteiger partial charge in [-0.15, -0.1) is 11.3 Å². The fourth-order valence-corrected chi connectivity index (χ4v) is 3.86. The number of likely N-dealkylation sites (tertiary alicyclic amines) is 1. The van der Waals surface area contributed by atoms with E-state index in [1.807, 2.05) is 29.5 Å². The van der Waals surface area contributed by atoms with Crippen LogP contribution in [0.4, 0.5) is 0 Å². The van der Waals surface area contributed by atoms with E-state index in [-0.39, 0.29) is 18.1 Å². The van der Waals surface area contributed by atoms with E-state index in [2.05, 4.69) is 5.10 Å². The number of amides is 1. The van der Waals surface area contributed by atoms with E-state index in [1.54, 1.807) is 29.1 Å². The zero-order valence-electron chi connectivity index (χ0n) is 12.9. The number of carbonyl (C=O) groups is 1. The average Bonchev–Trinajstić information content (AvgIpc) is 3.16. The second-order valence-corrected chi connectivity index (χ2v) is 6.87. The van der Waals surface area contributed by atoms with Crippen molar-refractivity contribution >= 4 is 17.2 Å². The Balaban J connectivity index is 1.89. The van der Waals surface area contributed by atoms with Gasteiger partial charge in [0.1, 0.15) is 5.69 Å². The Kier molecular flexibility index (Phi) is 4.31. The lowest BCUT2D eigenvalue weighted by Gasteiger charge is -2.25. The van der Waals surface area contributed by atoms with Crippen LogP contribution in [-0.4, -0.2) is 44.4 Å². The summed E-state index contributed by atoms with van der Waals surface area (Å²) >= 11 is 1.59. The molecular weight excluding hydrogens is 298 g/mol. The Bertz CT molecular complexity index is 648. The van der Waals surface area contributed by atoms with Crippen molar-refractivity contribution in [1.29, 1.82) is 0 Å². The minimum absolute atomic E-state index is 0.0275.